The van der Waals surface area contributed by atoms with E-state index in [-0.39, 0.29) is 22.9 Å². The zero-order chi connectivity index (χ0) is 29.2. The number of nitrogens with one attached hydrogen (secondary N) is 1. The molecule has 0 radical (unpaired) electrons. The maximum atomic E-state index is 14.0. The van der Waals surface area contributed by atoms with Gasteiger partial charge in [-0.25, -0.2) is 9.97 Å². The molecule has 5 aromatic rings. The normalized spacial score (nSPS) is 12.4. The first-order valence-electron chi connectivity index (χ1n) is 12.5. The van der Waals surface area contributed by atoms with Crippen LogP contribution in [0.1, 0.15) is 27.9 Å². The van der Waals surface area contributed by atoms with Crippen LogP contribution in [0.3, 0.4) is 0 Å². The lowest BCUT2D eigenvalue weighted by Crippen LogP contribution is -2.14. The first kappa shape index (κ1) is 27.9. The van der Waals surface area contributed by atoms with Gasteiger partial charge in [0.2, 0.25) is 5.95 Å². The first-order chi connectivity index (χ1) is 19.5. The summed E-state index contributed by atoms with van der Waals surface area (Å²) in [5, 5.41) is 2.89. The number of halogens is 6. The van der Waals surface area contributed by atoms with Crippen LogP contribution >= 0.6 is 0 Å². The fourth-order valence-corrected chi connectivity index (χ4v) is 4.32. The summed E-state index contributed by atoms with van der Waals surface area (Å²) in [6.07, 6.45) is -5.25. The Morgan fingerprint density at radius 2 is 1.46 bits per heavy atom. The van der Waals surface area contributed by atoms with Crippen LogP contribution in [0.2, 0.25) is 0 Å². The predicted octanol–water partition coefficient (Wildman–Crippen LogP) is 7.89. The zero-order valence-corrected chi connectivity index (χ0v) is 21.6. The number of alkyl halides is 6. The summed E-state index contributed by atoms with van der Waals surface area (Å²) in [6.45, 7) is 0.338. The maximum absolute atomic E-state index is 14.0. The zero-order valence-electron chi connectivity index (χ0n) is 21.6. The van der Waals surface area contributed by atoms with E-state index >= 15 is 0 Å². The highest BCUT2D eigenvalue weighted by molar-refractivity contribution is 5.81. The van der Waals surface area contributed by atoms with Crippen LogP contribution < -0.4 is 5.32 Å². The molecule has 0 unspecified atom stereocenters. The summed E-state index contributed by atoms with van der Waals surface area (Å²) in [5.74, 6) is 0.106. The highest BCUT2D eigenvalue weighted by Gasteiger charge is 2.38. The Kier molecular flexibility index (Phi) is 7.53. The minimum atomic E-state index is -4.76. The van der Waals surface area contributed by atoms with Crippen LogP contribution in [0.25, 0.3) is 34.7 Å². The van der Waals surface area contributed by atoms with Gasteiger partial charge in [-0.15, -0.1) is 0 Å². The molecule has 0 amide bonds. The Morgan fingerprint density at radius 3 is 2.15 bits per heavy atom. The smallest absolute Gasteiger partial charge is 0.354 e. The number of nitrogens with zero attached hydrogens (tertiary/aromatic N) is 4. The lowest BCUT2D eigenvalue weighted by molar-refractivity contribution is -0.140. The van der Waals surface area contributed by atoms with Gasteiger partial charge in [-0.1, -0.05) is 72.8 Å². The Bertz CT molecular complexity index is 1690. The molecule has 0 saturated heterocycles. The topological polar surface area (TPSA) is 55.6 Å². The first-order valence-corrected chi connectivity index (χ1v) is 12.5. The van der Waals surface area contributed by atoms with Crippen LogP contribution in [0.4, 0.5) is 32.3 Å². The molecule has 5 rings (SSSR count). The fourth-order valence-electron chi connectivity index (χ4n) is 4.32. The number of imidazole rings is 1. The molecule has 1 N–H and O–H groups in total. The lowest BCUT2D eigenvalue weighted by atomic mass is 10.1. The van der Waals surface area contributed by atoms with Crippen molar-refractivity contribution in [3.05, 3.63) is 107 Å². The summed E-state index contributed by atoms with van der Waals surface area (Å²) in [5.41, 5.74) is 0.575. The number of aromatic nitrogens is 4. The molecule has 3 aromatic carbocycles. The van der Waals surface area contributed by atoms with Gasteiger partial charge in [0.05, 0.1) is 5.56 Å². The SMILES string of the molecule is Cn1c(-c2cccc(/C=C\c3ccc(C(F)(F)F)cc3)c2)nc2c(C(F)(F)F)nc(NCCc3ccccc3)nc21. The Balaban J connectivity index is 1.43. The van der Waals surface area contributed by atoms with Crippen molar-refractivity contribution in [2.75, 3.05) is 11.9 Å². The molecule has 0 aliphatic heterocycles. The van der Waals surface area contributed by atoms with Gasteiger partial charge in [0.25, 0.3) is 0 Å². The molecule has 210 valence electrons. The van der Waals surface area contributed by atoms with Crippen molar-refractivity contribution in [3.63, 3.8) is 0 Å². The molecule has 0 atom stereocenters. The molecular formula is C30H23F6N5. The second-order valence-electron chi connectivity index (χ2n) is 9.30. The van der Waals surface area contributed by atoms with E-state index < -0.39 is 23.6 Å². The van der Waals surface area contributed by atoms with Gasteiger partial charge in [-0.05, 0) is 41.3 Å². The quantitative estimate of drug-likeness (QED) is 0.161. The molecule has 0 saturated carbocycles. The van der Waals surface area contributed by atoms with Gasteiger partial charge in [-0.3, -0.25) is 0 Å². The molecule has 0 aliphatic rings. The molecular weight excluding hydrogens is 544 g/mol. The van der Waals surface area contributed by atoms with Gasteiger partial charge < -0.3 is 9.88 Å². The van der Waals surface area contributed by atoms with E-state index in [2.05, 4.69) is 20.3 Å². The third-order valence-corrected chi connectivity index (χ3v) is 6.38. The molecule has 11 heteroatoms. The minimum absolute atomic E-state index is 0.0234. The van der Waals surface area contributed by atoms with Gasteiger partial charge in [0.15, 0.2) is 11.3 Å². The van der Waals surface area contributed by atoms with E-state index in [0.717, 1.165) is 17.7 Å². The summed E-state index contributed by atoms with van der Waals surface area (Å²) < 4.78 is 81.9. The van der Waals surface area contributed by atoms with Crippen molar-refractivity contribution in [2.45, 2.75) is 18.8 Å². The van der Waals surface area contributed by atoms with Crippen LogP contribution in [-0.4, -0.2) is 26.1 Å². The minimum Gasteiger partial charge on any atom is -0.354 e. The fraction of sp³-hybridized carbons (Fsp3) is 0.167. The van der Waals surface area contributed by atoms with E-state index in [1.54, 1.807) is 43.5 Å². The van der Waals surface area contributed by atoms with Crippen molar-refractivity contribution in [1.82, 2.24) is 19.5 Å². The highest BCUT2D eigenvalue weighted by Crippen LogP contribution is 2.35. The number of hydrogen-bond donors (Lipinski definition) is 1. The standard InChI is InChI=1S/C30H23F6N5/c1-41-26(22-9-5-8-21(18-22)11-10-20-12-14-23(15-13-20)29(31,32)33)38-24-25(30(34,35)36)39-28(40-27(24)41)37-17-16-19-6-3-2-4-7-19/h2-15,18H,16-17H2,1H3,(H,37,39,40)/b11-10-. The van der Waals surface area contributed by atoms with Crippen molar-refractivity contribution < 1.29 is 26.3 Å². The molecule has 0 spiro atoms. The van der Waals surface area contributed by atoms with E-state index in [9.17, 15) is 26.3 Å². The number of hydrogen-bond acceptors (Lipinski definition) is 4. The number of fused-ring (bicyclic) bond motifs is 1. The molecule has 0 aliphatic carbocycles. The van der Waals surface area contributed by atoms with Crippen LogP contribution in [0, 0.1) is 0 Å². The average Bonchev–Trinajstić information content (AvgIpc) is 3.27. The second-order valence-corrected chi connectivity index (χ2v) is 9.30. The molecule has 5 nitrogen and oxygen atoms in total. The largest absolute Gasteiger partial charge is 0.435 e. The monoisotopic (exact) mass is 567 g/mol. The van der Waals surface area contributed by atoms with Crippen LogP contribution in [0.15, 0.2) is 78.9 Å². The van der Waals surface area contributed by atoms with Crippen molar-refractivity contribution >= 4 is 29.3 Å². The Hall–Kier alpha value is -4.67. The third kappa shape index (κ3) is 6.40. The van der Waals surface area contributed by atoms with Gasteiger partial charge in [0, 0.05) is 19.2 Å². The predicted molar refractivity (Wildman–Crippen MR) is 146 cm³/mol. The van der Waals surface area contributed by atoms with Gasteiger partial charge in [0.1, 0.15) is 11.3 Å². The van der Waals surface area contributed by atoms with Gasteiger partial charge in [-0.2, -0.15) is 31.3 Å². The van der Waals surface area contributed by atoms with Crippen LogP contribution in [-0.2, 0) is 25.8 Å². The van der Waals surface area contributed by atoms with Gasteiger partial charge >= 0.3 is 12.4 Å². The van der Waals surface area contributed by atoms with Crippen molar-refractivity contribution in [2.24, 2.45) is 7.05 Å². The average molecular weight is 568 g/mol. The Morgan fingerprint density at radius 1 is 0.756 bits per heavy atom. The second kappa shape index (κ2) is 11.1. The Labute approximate surface area is 231 Å². The summed E-state index contributed by atoms with van der Waals surface area (Å²) in [7, 11) is 1.58. The van der Waals surface area contributed by atoms with Crippen LogP contribution in [0.5, 0.6) is 0 Å². The summed E-state index contributed by atoms with van der Waals surface area (Å²) in [6, 6.07) is 21.1. The van der Waals surface area contributed by atoms with E-state index in [1.165, 1.54) is 16.7 Å². The molecule has 0 bridgehead atoms. The van der Waals surface area contributed by atoms with Crippen molar-refractivity contribution in [3.8, 4) is 11.4 Å². The molecule has 0 fully saturated rings. The molecule has 2 aromatic heterocycles. The number of aryl methyl sites for hydroxylation is 1. The number of benzene rings is 3. The van der Waals surface area contributed by atoms with E-state index in [0.29, 0.717) is 29.7 Å². The third-order valence-electron chi connectivity index (χ3n) is 6.38. The molecule has 41 heavy (non-hydrogen) atoms. The number of anilines is 1. The highest BCUT2D eigenvalue weighted by atomic mass is 19.4. The summed E-state index contributed by atoms with van der Waals surface area (Å²) >= 11 is 0. The number of rotatable bonds is 7. The summed E-state index contributed by atoms with van der Waals surface area (Å²) in [4.78, 5) is 12.4. The lowest BCUT2D eigenvalue weighted by Gasteiger charge is -2.10. The van der Waals surface area contributed by atoms with E-state index in [1.807, 2.05) is 30.3 Å². The van der Waals surface area contributed by atoms with Crippen molar-refractivity contribution in [1.29, 1.82) is 0 Å². The molecule has 2 heterocycles. The maximum Gasteiger partial charge on any atom is 0.435 e. The van der Waals surface area contributed by atoms with E-state index in [4.69, 9.17) is 0 Å².